The molecule has 0 heterocycles. The van der Waals surface area contributed by atoms with E-state index < -0.39 is 0 Å². The number of rotatable bonds is 0. The molecule has 0 atom stereocenters. The van der Waals surface area contributed by atoms with E-state index in [1.807, 2.05) is 0 Å². The van der Waals surface area contributed by atoms with Gasteiger partial charge in [0.15, 0.2) is 0 Å². The van der Waals surface area contributed by atoms with Crippen LogP contribution < -0.4 is 0 Å². The topological polar surface area (TPSA) is 0 Å². The normalized spacial score (nSPS) is 17.0. The number of benzene rings is 7. The van der Waals surface area contributed by atoms with Gasteiger partial charge in [0.05, 0.1) is 4.11 Å². The van der Waals surface area contributed by atoms with Crippen molar-refractivity contribution in [3.8, 4) is 0 Å². The van der Waals surface area contributed by atoms with E-state index in [-0.39, 0.29) is 32.5 Å². The number of hydrogen-bond donors (Lipinski definition) is 0. The summed E-state index contributed by atoms with van der Waals surface area (Å²) in [5, 5.41) is 24.3. The lowest BCUT2D eigenvalue weighted by molar-refractivity contribution is 0.584. The Morgan fingerprint density at radius 1 is 0.261 bits per heavy atom. The van der Waals surface area contributed by atoms with Gasteiger partial charge < -0.3 is 0 Å². The summed E-state index contributed by atoms with van der Waals surface area (Å²) in [7, 11) is 0. The van der Waals surface area contributed by atoms with E-state index in [0.717, 1.165) is 0 Å². The fraction of sp³-hybridized carbons (Fsp3) is 0.391. The van der Waals surface area contributed by atoms with E-state index in [1.54, 1.807) is 0 Å². The van der Waals surface area contributed by atoms with E-state index in [4.69, 9.17) is 0 Å². The molecule has 0 spiro atoms. The van der Waals surface area contributed by atoms with Gasteiger partial charge in [0.1, 0.15) is 0 Å². The molecule has 0 saturated carbocycles. The highest BCUT2D eigenvalue weighted by Crippen LogP contribution is 2.61. The van der Waals surface area contributed by atoms with Gasteiger partial charge in [0, 0.05) is 0 Å². The lowest BCUT2D eigenvalue weighted by Crippen LogP contribution is -2.18. The lowest BCUT2D eigenvalue weighted by atomic mass is 9.74. The Hall–Kier alpha value is -5.46. The van der Waals surface area contributed by atoms with Crippen LogP contribution in [0.25, 0.3) is 115 Å². The number of fused-ring (bicyclic) bond motifs is 12. The van der Waals surface area contributed by atoms with Gasteiger partial charge in [-0.15, -0.1) is 0 Å². The van der Waals surface area contributed by atoms with E-state index in [0.29, 0.717) is 37.4 Å². The monoisotopic (exact) mass is 904 g/mol. The Kier molecular flexibility index (Phi) is 7.53. The zero-order valence-electron chi connectivity index (χ0n) is 47.8. The van der Waals surface area contributed by atoms with Crippen LogP contribution in [0.1, 0.15) is 196 Å². The third-order valence-corrected chi connectivity index (χ3v) is 17.2. The zero-order chi connectivity index (χ0) is 51.5. The molecule has 0 aromatic heterocycles. The molecule has 0 nitrogen and oxygen atoms in total. The molecule has 0 radical (unpaired) electrons. The second-order valence-electron chi connectivity index (χ2n) is 28.1. The Morgan fingerprint density at radius 3 is 0.638 bits per heavy atom. The third-order valence-electron chi connectivity index (χ3n) is 17.2. The quantitative estimate of drug-likeness (QED) is 0.142. The van der Waals surface area contributed by atoms with E-state index >= 15 is 0 Å². The molecule has 13 rings (SSSR count). The molecule has 0 aliphatic heterocycles. The summed E-state index contributed by atoms with van der Waals surface area (Å²) in [6.07, 6.45) is 8.54. The summed E-state index contributed by atoms with van der Waals surface area (Å²) in [4.78, 5) is 0. The van der Waals surface area contributed by atoms with Crippen LogP contribution in [0.3, 0.4) is 0 Å². The molecule has 0 N–H and O–H groups in total. The molecule has 69 heavy (non-hydrogen) atoms. The van der Waals surface area contributed by atoms with E-state index in [2.05, 4.69) is 179 Å². The minimum Gasteiger partial charge on any atom is -0.0795 e. The maximum atomic E-state index is 9.43. The second kappa shape index (κ2) is 12.9. The van der Waals surface area contributed by atoms with E-state index in [1.165, 1.54) is 164 Å². The maximum absolute atomic E-state index is 9.43. The van der Waals surface area contributed by atoms with Crippen molar-refractivity contribution in [2.24, 2.45) is 0 Å². The van der Waals surface area contributed by atoms with Gasteiger partial charge >= 0.3 is 0 Å². The molecule has 10 aromatic rings. The van der Waals surface area contributed by atoms with Crippen molar-refractivity contribution in [1.29, 1.82) is 0 Å². The van der Waals surface area contributed by atoms with Crippen LogP contribution >= 0.6 is 0 Å². The fourth-order valence-electron chi connectivity index (χ4n) is 14.4. The highest BCUT2D eigenvalue weighted by atomic mass is 14.4. The van der Waals surface area contributed by atoms with Gasteiger partial charge in [-0.25, -0.2) is 0 Å². The van der Waals surface area contributed by atoms with Crippen molar-refractivity contribution in [3.63, 3.8) is 0 Å². The molecule has 0 amide bonds. The Balaban J connectivity index is 1.47. The van der Waals surface area contributed by atoms with Crippen LogP contribution in [0, 0.1) is 0 Å². The molecular formula is C69H72. The Morgan fingerprint density at radius 2 is 0.449 bits per heavy atom. The van der Waals surface area contributed by atoms with E-state index in [9.17, 15) is 4.11 Å². The summed E-state index contributed by atoms with van der Waals surface area (Å²) < 4.78 is 28.3. The van der Waals surface area contributed by atoms with Crippen LogP contribution in [0.5, 0.6) is 0 Å². The summed E-state index contributed by atoms with van der Waals surface area (Å²) in [6, 6.07) is 17.6. The van der Waals surface area contributed by atoms with Gasteiger partial charge in [-0.2, -0.15) is 0 Å². The van der Waals surface area contributed by atoms with Crippen LogP contribution in [0.2, 0.25) is 0 Å². The average Bonchev–Trinajstić information content (AvgIpc) is 3.86. The Bertz CT molecular complexity index is 3730. The van der Waals surface area contributed by atoms with Crippen molar-refractivity contribution in [2.75, 3.05) is 0 Å². The standard InChI is InChI=1S/C69H72/c1-64(2,3)46-28-40-55-41(29-47(65(4,5)6)35-23-19-22-34(46)52(35)55)59-58(40)60-42-30-48(66(7,8)9)36-24-20-25-37-49(67(10,11)12)31-43(56(42)53(36)37)62(60)63-45-33-51(69(16,17)18)39-27-21-26-38-50(68(13,14)15)32-44(61(59)63)57(45)54(38)39/h19-22,25-26,28-33H,23-24,27H2,1-18H3/i19D,20D,21D. The highest BCUT2D eigenvalue weighted by Gasteiger charge is 2.38. The first-order chi connectivity index (χ1) is 33.3. The summed E-state index contributed by atoms with van der Waals surface area (Å²) >= 11 is 0. The highest BCUT2D eigenvalue weighted by molar-refractivity contribution is 6.56. The average molecular weight is 904 g/mol. The van der Waals surface area contributed by atoms with Crippen molar-refractivity contribution in [3.05, 3.63) is 121 Å². The second-order valence-corrected chi connectivity index (χ2v) is 28.1. The molecule has 0 saturated heterocycles. The fourth-order valence-corrected chi connectivity index (χ4v) is 14.4. The molecule has 0 fully saturated rings. The Labute approximate surface area is 415 Å². The SMILES string of the molecule is [2H]C1=Cc2c(C(C)(C)C)cc3c4c2c(c(C(C)(C)C)cc4c2c4c5cc(C(C)(C)C)c6c7c(c(C(C)(C)C)cc(c75)c4c4c5cc(C(C)(C)C)c7c8c(c(C(C)(C)C)cc(c85)c4c32)CC([2H])=C7)CC([2H])=C6)C1. The molecule has 0 unspecified atom stereocenters. The van der Waals surface area contributed by atoms with Gasteiger partial charge in [-0.05, 0) is 252 Å². The smallest absolute Gasteiger partial charge is 0.0580 e. The first-order valence-electron chi connectivity index (χ1n) is 27.6. The predicted octanol–water partition coefficient (Wildman–Crippen LogP) is 19.9. The van der Waals surface area contributed by atoms with Crippen molar-refractivity contribution in [2.45, 2.75) is 176 Å². The number of allylic oxidation sites excluding steroid dienone is 3. The summed E-state index contributed by atoms with van der Waals surface area (Å²) in [5.74, 6) is 0. The van der Waals surface area contributed by atoms with Crippen molar-refractivity contribution < 1.29 is 4.11 Å². The molecular weight excluding hydrogens is 829 g/mol. The molecule has 3 aliphatic carbocycles. The maximum Gasteiger partial charge on any atom is 0.0580 e. The zero-order valence-corrected chi connectivity index (χ0v) is 44.8. The molecule has 348 valence electrons. The molecule has 3 aliphatic rings. The van der Waals surface area contributed by atoms with Gasteiger partial charge in [-0.3, -0.25) is 0 Å². The van der Waals surface area contributed by atoms with Crippen molar-refractivity contribution >= 4 is 115 Å². The van der Waals surface area contributed by atoms with Crippen molar-refractivity contribution in [1.82, 2.24) is 0 Å². The van der Waals surface area contributed by atoms with Crippen LogP contribution in [0.4, 0.5) is 0 Å². The van der Waals surface area contributed by atoms with Gasteiger partial charge in [0.2, 0.25) is 0 Å². The van der Waals surface area contributed by atoms with Crippen LogP contribution in [0.15, 0.2) is 54.6 Å². The summed E-state index contributed by atoms with van der Waals surface area (Å²) in [6.45, 7) is 42.7. The third kappa shape index (κ3) is 5.48. The van der Waals surface area contributed by atoms with Gasteiger partial charge in [-0.1, -0.05) is 161 Å². The summed E-state index contributed by atoms with van der Waals surface area (Å²) in [5.41, 5.74) is 14.6. The predicted molar refractivity (Wildman–Crippen MR) is 308 cm³/mol. The molecule has 10 aromatic carbocycles. The molecule has 0 bridgehead atoms. The first-order valence-corrected chi connectivity index (χ1v) is 26.1. The minimum atomic E-state index is -0.186. The lowest BCUT2D eigenvalue weighted by Gasteiger charge is -2.30. The van der Waals surface area contributed by atoms with Crippen LogP contribution in [-0.2, 0) is 51.8 Å². The minimum absolute atomic E-state index is 0.169. The first kappa shape index (κ1) is 40.3. The largest absolute Gasteiger partial charge is 0.0795 e. The molecule has 0 heteroatoms. The van der Waals surface area contributed by atoms with Gasteiger partial charge in [0.25, 0.3) is 0 Å². The number of hydrogen-bond acceptors (Lipinski definition) is 0. The van der Waals surface area contributed by atoms with Crippen LogP contribution in [-0.4, -0.2) is 0 Å².